The predicted octanol–water partition coefficient (Wildman–Crippen LogP) is 3.11. The Hall–Kier alpha value is -2.80. The molecule has 2 saturated heterocycles. The first-order valence-electron chi connectivity index (χ1n) is 11.3. The van der Waals surface area contributed by atoms with E-state index in [9.17, 15) is 9.59 Å². The smallest absolute Gasteiger partial charge is 0.317 e. The number of urea groups is 1. The maximum absolute atomic E-state index is 12.7. The summed E-state index contributed by atoms with van der Waals surface area (Å²) in [4.78, 5) is 31.3. The Kier molecular flexibility index (Phi) is 6.92. The van der Waals surface area contributed by atoms with E-state index in [0.717, 1.165) is 25.3 Å². The molecular formula is C24H32N4O3. The summed E-state index contributed by atoms with van der Waals surface area (Å²) < 4.78 is 5.44. The van der Waals surface area contributed by atoms with Crippen LogP contribution in [0.4, 0.5) is 4.79 Å². The summed E-state index contributed by atoms with van der Waals surface area (Å²) >= 11 is 0. The number of furan rings is 1. The molecule has 7 nitrogen and oxygen atoms in total. The minimum atomic E-state index is -0.105. The van der Waals surface area contributed by atoms with Crippen LogP contribution in [0.1, 0.15) is 41.1 Å². The molecule has 1 N–H and O–H groups in total. The first-order valence-corrected chi connectivity index (χ1v) is 11.3. The number of nitrogens with one attached hydrogen (secondary N) is 1. The lowest BCUT2D eigenvalue weighted by molar-refractivity contribution is 0.0630. The summed E-state index contributed by atoms with van der Waals surface area (Å²) in [6.45, 7) is 6.61. The van der Waals surface area contributed by atoms with Crippen LogP contribution in [0.25, 0.3) is 0 Å². The van der Waals surface area contributed by atoms with E-state index >= 15 is 0 Å². The fourth-order valence-corrected chi connectivity index (χ4v) is 4.45. The Labute approximate surface area is 184 Å². The van der Waals surface area contributed by atoms with Gasteiger partial charge in [-0.25, -0.2) is 4.79 Å². The lowest BCUT2D eigenvalue weighted by Gasteiger charge is -2.37. The summed E-state index contributed by atoms with van der Waals surface area (Å²) in [5, 5.41) is 3.14. The van der Waals surface area contributed by atoms with E-state index in [1.54, 1.807) is 17.0 Å². The number of hydrogen-bond donors (Lipinski definition) is 1. The zero-order valence-corrected chi connectivity index (χ0v) is 18.3. The topological polar surface area (TPSA) is 69.0 Å². The summed E-state index contributed by atoms with van der Waals surface area (Å²) in [5.41, 5.74) is 1.31. The van der Waals surface area contributed by atoms with Crippen molar-refractivity contribution in [2.45, 2.75) is 38.8 Å². The van der Waals surface area contributed by atoms with Crippen LogP contribution < -0.4 is 5.32 Å². The Morgan fingerprint density at radius 3 is 2.42 bits per heavy atom. The molecule has 0 aliphatic carbocycles. The molecule has 0 spiro atoms. The molecule has 2 aromatic rings. The highest BCUT2D eigenvalue weighted by Crippen LogP contribution is 2.19. The van der Waals surface area contributed by atoms with Gasteiger partial charge in [0.25, 0.3) is 5.91 Å². The highest BCUT2D eigenvalue weighted by Gasteiger charge is 2.28. The van der Waals surface area contributed by atoms with Gasteiger partial charge >= 0.3 is 6.03 Å². The zero-order valence-electron chi connectivity index (χ0n) is 18.3. The molecule has 4 rings (SSSR count). The first kappa shape index (κ1) is 21.4. The van der Waals surface area contributed by atoms with E-state index in [-0.39, 0.29) is 11.9 Å². The molecule has 2 aliphatic rings. The monoisotopic (exact) mass is 424 g/mol. The number of piperidine rings is 1. The molecule has 2 aliphatic heterocycles. The summed E-state index contributed by atoms with van der Waals surface area (Å²) in [6, 6.07) is 14.4. The van der Waals surface area contributed by atoms with Gasteiger partial charge in [0.05, 0.1) is 0 Å². The van der Waals surface area contributed by atoms with Crippen molar-refractivity contribution < 1.29 is 14.0 Å². The van der Waals surface area contributed by atoms with E-state index in [1.165, 1.54) is 18.4 Å². The van der Waals surface area contributed by atoms with Crippen LogP contribution in [0.2, 0.25) is 0 Å². The second-order valence-electron chi connectivity index (χ2n) is 8.48. The second kappa shape index (κ2) is 10.0. The predicted molar refractivity (Wildman–Crippen MR) is 119 cm³/mol. The molecular weight excluding hydrogens is 392 g/mol. The number of aryl methyl sites for hydroxylation is 1. The van der Waals surface area contributed by atoms with Gasteiger partial charge in [0.15, 0.2) is 5.76 Å². The molecule has 0 bridgehead atoms. The maximum Gasteiger partial charge on any atom is 0.317 e. The third kappa shape index (κ3) is 5.47. The zero-order chi connectivity index (χ0) is 21.6. The van der Waals surface area contributed by atoms with Gasteiger partial charge in [-0.3, -0.25) is 9.69 Å². The van der Waals surface area contributed by atoms with Crippen molar-refractivity contribution in [1.82, 2.24) is 20.0 Å². The van der Waals surface area contributed by atoms with Crippen LogP contribution >= 0.6 is 0 Å². The number of carbonyl (C=O) groups is 2. The molecule has 166 valence electrons. The number of amides is 3. The van der Waals surface area contributed by atoms with Crippen molar-refractivity contribution in [2.24, 2.45) is 0 Å². The summed E-state index contributed by atoms with van der Waals surface area (Å²) in [7, 11) is 0. The number of hydrogen-bond acceptors (Lipinski definition) is 4. The minimum Gasteiger partial charge on any atom is -0.456 e. The standard InChI is InChI=1S/C24H32N4O3/c1-19-10-11-22(31-19)23(29)26-13-15-27(16-14-26)24(30)25-17-21-9-5-6-12-28(21)18-20-7-3-2-4-8-20/h2-4,7-8,10-11,21H,5-6,9,12-18H2,1H3,(H,25,30). The van der Waals surface area contributed by atoms with E-state index in [4.69, 9.17) is 4.42 Å². The van der Waals surface area contributed by atoms with Crippen LogP contribution in [-0.2, 0) is 6.54 Å². The van der Waals surface area contributed by atoms with Gasteiger partial charge in [-0.1, -0.05) is 36.8 Å². The van der Waals surface area contributed by atoms with Crippen LogP contribution in [0.5, 0.6) is 0 Å². The largest absolute Gasteiger partial charge is 0.456 e. The molecule has 7 heteroatoms. The molecule has 3 heterocycles. The normalized spacial score (nSPS) is 20.0. The van der Waals surface area contributed by atoms with Gasteiger partial charge in [-0.2, -0.15) is 0 Å². The third-order valence-electron chi connectivity index (χ3n) is 6.27. The van der Waals surface area contributed by atoms with Crippen molar-refractivity contribution >= 4 is 11.9 Å². The number of likely N-dealkylation sites (tertiary alicyclic amines) is 1. The molecule has 3 amide bonds. The van der Waals surface area contributed by atoms with Gasteiger partial charge in [0, 0.05) is 45.3 Å². The minimum absolute atomic E-state index is 0.0359. The SMILES string of the molecule is Cc1ccc(C(=O)N2CCN(C(=O)NCC3CCCCN3Cc3ccccc3)CC2)o1. The van der Waals surface area contributed by atoms with Crippen LogP contribution in [0.15, 0.2) is 46.9 Å². The van der Waals surface area contributed by atoms with Gasteiger partial charge < -0.3 is 19.5 Å². The molecule has 1 aromatic carbocycles. The van der Waals surface area contributed by atoms with Crippen LogP contribution in [0.3, 0.4) is 0 Å². The molecule has 31 heavy (non-hydrogen) atoms. The number of carbonyl (C=O) groups excluding carboxylic acids is 2. The van der Waals surface area contributed by atoms with Crippen molar-refractivity contribution in [3.63, 3.8) is 0 Å². The Morgan fingerprint density at radius 1 is 0.968 bits per heavy atom. The number of rotatable bonds is 5. The Bertz CT molecular complexity index is 874. The van der Waals surface area contributed by atoms with Crippen molar-refractivity contribution in [3.05, 3.63) is 59.5 Å². The average molecular weight is 425 g/mol. The van der Waals surface area contributed by atoms with E-state index in [0.29, 0.717) is 44.5 Å². The van der Waals surface area contributed by atoms with E-state index in [2.05, 4.69) is 34.5 Å². The Morgan fingerprint density at radius 2 is 1.71 bits per heavy atom. The number of benzene rings is 1. The fraction of sp³-hybridized carbons (Fsp3) is 0.500. The Balaban J connectivity index is 1.24. The van der Waals surface area contributed by atoms with Gasteiger partial charge in [0.1, 0.15) is 5.76 Å². The highest BCUT2D eigenvalue weighted by atomic mass is 16.3. The third-order valence-corrected chi connectivity index (χ3v) is 6.27. The quantitative estimate of drug-likeness (QED) is 0.801. The highest BCUT2D eigenvalue weighted by molar-refractivity contribution is 5.91. The summed E-state index contributed by atoms with van der Waals surface area (Å²) in [5.74, 6) is 0.989. The van der Waals surface area contributed by atoms with Crippen molar-refractivity contribution in [3.8, 4) is 0 Å². The number of nitrogens with zero attached hydrogens (tertiary/aromatic N) is 3. The van der Waals surface area contributed by atoms with Crippen LogP contribution in [0, 0.1) is 6.92 Å². The molecule has 1 aromatic heterocycles. The molecule has 1 unspecified atom stereocenters. The molecule has 2 fully saturated rings. The maximum atomic E-state index is 12.7. The number of piperazine rings is 1. The average Bonchev–Trinajstić information content (AvgIpc) is 3.25. The van der Waals surface area contributed by atoms with Gasteiger partial charge in [0.2, 0.25) is 0 Å². The lowest BCUT2D eigenvalue weighted by Crippen LogP contribution is -2.55. The summed E-state index contributed by atoms with van der Waals surface area (Å²) in [6.07, 6.45) is 3.53. The van der Waals surface area contributed by atoms with Crippen molar-refractivity contribution in [2.75, 3.05) is 39.3 Å². The fourth-order valence-electron chi connectivity index (χ4n) is 4.45. The molecule has 1 atom stereocenters. The first-order chi connectivity index (χ1) is 15.1. The molecule has 0 saturated carbocycles. The second-order valence-corrected chi connectivity index (χ2v) is 8.48. The molecule has 0 radical (unpaired) electrons. The van der Waals surface area contributed by atoms with Gasteiger partial charge in [-0.15, -0.1) is 0 Å². The van der Waals surface area contributed by atoms with Crippen LogP contribution in [-0.4, -0.2) is 71.9 Å². The van der Waals surface area contributed by atoms with E-state index in [1.807, 2.05) is 17.9 Å². The van der Waals surface area contributed by atoms with Gasteiger partial charge in [-0.05, 0) is 44.0 Å². The van der Waals surface area contributed by atoms with Crippen molar-refractivity contribution in [1.29, 1.82) is 0 Å². The van der Waals surface area contributed by atoms with E-state index < -0.39 is 0 Å². The lowest BCUT2D eigenvalue weighted by atomic mass is 10.0.